The van der Waals surface area contributed by atoms with E-state index in [-0.39, 0.29) is 17.9 Å². The minimum atomic E-state index is 0.0115. The van der Waals surface area contributed by atoms with Gasteiger partial charge >= 0.3 is 0 Å². The number of pyridine rings is 2. The highest BCUT2D eigenvalue weighted by Gasteiger charge is 2.30. The van der Waals surface area contributed by atoms with Gasteiger partial charge < -0.3 is 10.6 Å². The van der Waals surface area contributed by atoms with Gasteiger partial charge in [-0.05, 0) is 40.9 Å². The van der Waals surface area contributed by atoms with E-state index in [2.05, 4.69) is 36.5 Å². The molecule has 0 spiro atoms. The first-order valence-electron chi connectivity index (χ1n) is 7.57. The molecule has 0 aromatic carbocycles. The van der Waals surface area contributed by atoms with Gasteiger partial charge in [-0.1, -0.05) is 12.8 Å². The van der Waals surface area contributed by atoms with Gasteiger partial charge in [0, 0.05) is 30.0 Å². The van der Waals surface area contributed by atoms with E-state index in [1.807, 2.05) is 12.1 Å². The number of anilines is 1. The standard InChI is InChI=1S/C16H19BrN4O/c1-18-16(22)11-4-2-3-5-12(11)21-13-6-7-19-14-8-10(17)9-20-15(13)14/h6-9,11-12H,2-5H2,1H3,(H,18,22)(H,19,21). The van der Waals surface area contributed by atoms with E-state index in [9.17, 15) is 4.79 Å². The molecule has 1 fully saturated rings. The maximum absolute atomic E-state index is 12.1. The number of nitrogens with zero attached hydrogens (tertiary/aromatic N) is 2. The highest BCUT2D eigenvalue weighted by Crippen LogP contribution is 2.30. The van der Waals surface area contributed by atoms with Crippen molar-refractivity contribution in [2.24, 2.45) is 5.92 Å². The minimum Gasteiger partial charge on any atom is -0.380 e. The van der Waals surface area contributed by atoms with Gasteiger partial charge in [0.15, 0.2) is 0 Å². The molecule has 2 unspecified atom stereocenters. The molecule has 2 atom stereocenters. The number of amides is 1. The Morgan fingerprint density at radius 2 is 2.14 bits per heavy atom. The van der Waals surface area contributed by atoms with Crippen LogP contribution in [-0.2, 0) is 4.79 Å². The van der Waals surface area contributed by atoms with Crippen molar-refractivity contribution in [2.75, 3.05) is 12.4 Å². The summed E-state index contributed by atoms with van der Waals surface area (Å²) in [5.41, 5.74) is 2.62. The van der Waals surface area contributed by atoms with E-state index < -0.39 is 0 Å². The van der Waals surface area contributed by atoms with Crippen molar-refractivity contribution in [3.63, 3.8) is 0 Å². The van der Waals surface area contributed by atoms with Gasteiger partial charge in [0.1, 0.15) is 5.52 Å². The van der Waals surface area contributed by atoms with Crippen molar-refractivity contribution in [1.29, 1.82) is 0 Å². The molecule has 2 aromatic rings. The van der Waals surface area contributed by atoms with Crippen LogP contribution in [0.15, 0.2) is 29.0 Å². The fraction of sp³-hybridized carbons (Fsp3) is 0.438. The highest BCUT2D eigenvalue weighted by molar-refractivity contribution is 9.10. The van der Waals surface area contributed by atoms with Crippen LogP contribution in [0.3, 0.4) is 0 Å². The van der Waals surface area contributed by atoms with Gasteiger partial charge in [0.25, 0.3) is 0 Å². The van der Waals surface area contributed by atoms with Crippen LogP contribution in [0.2, 0.25) is 0 Å². The monoisotopic (exact) mass is 362 g/mol. The second-order valence-corrected chi connectivity index (χ2v) is 6.55. The van der Waals surface area contributed by atoms with Crippen molar-refractivity contribution in [2.45, 2.75) is 31.7 Å². The maximum Gasteiger partial charge on any atom is 0.224 e. The topological polar surface area (TPSA) is 66.9 Å². The van der Waals surface area contributed by atoms with Crippen LogP contribution < -0.4 is 10.6 Å². The van der Waals surface area contributed by atoms with Crippen LogP contribution in [0.5, 0.6) is 0 Å². The molecule has 1 amide bonds. The molecule has 6 heteroatoms. The summed E-state index contributed by atoms with van der Waals surface area (Å²) in [6.45, 7) is 0. The zero-order chi connectivity index (χ0) is 15.5. The van der Waals surface area contributed by atoms with Gasteiger partial charge in [-0.3, -0.25) is 14.8 Å². The number of rotatable bonds is 3. The van der Waals surface area contributed by atoms with E-state index in [4.69, 9.17) is 0 Å². The summed E-state index contributed by atoms with van der Waals surface area (Å²) in [5.74, 6) is 0.128. The first kappa shape index (κ1) is 15.2. The molecule has 116 valence electrons. The molecule has 1 saturated carbocycles. The molecule has 2 N–H and O–H groups in total. The summed E-state index contributed by atoms with van der Waals surface area (Å²) in [4.78, 5) is 20.9. The first-order chi connectivity index (χ1) is 10.7. The Balaban J connectivity index is 1.89. The molecule has 3 rings (SSSR count). The molecule has 2 aromatic heterocycles. The Morgan fingerprint density at radius 3 is 2.95 bits per heavy atom. The van der Waals surface area contributed by atoms with E-state index in [1.54, 1.807) is 19.4 Å². The van der Waals surface area contributed by atoms with E-state index in [1.165, 1.54) is 0 Å². The van der Waals surface area contributed by atoms with E-state index >= 15 is 0 Å². The van der Waals surface area contributed by atoms with Crippen molar-refractivity contribution in [3.8, 4) is 0 Å². The quantitative estimate of drug-likeness (QED) is 0.880. The smallest absolute Gasteiger partial charge is 0.224 e. The lowest BCUT2D eigenvalue weighted by Gasteiger charge is -2.31. The molecule has 22 heavy (non-hydrogen) atoms. The Labute approximate surface area is 138 Å². The largest absolute Gasteiger partial charge is 0.380 e. The maximum atomic E-state index is 12.1. The summed E-state index contributed by atoms with van der Waals surface area (Å²) in [6, 6.07) is 4.02. The lowest BCUT2D eigenvalue weighted by atomic mass is 9.83. The van der Waals surface area contributed by atoms with E-state index in [0.29, 0.717) is 0 Å². The molecule has 0 saturated heterocycles. The zero-order valence-corrected chi connectivity index (χ0v) is 14.1. The van der Waals surface area contributed by atoms with E-state index in [0.717, 1.165) is 46.9 Å². The second kappa shape index (κ2) is 6.60. The fourth-order valence-electron chi connectivity index (χ4n) is 3.12. The first-order valence-corrected chi connectivity index (χ1v) is 8.36. The predicted octanol–water partition coefficient (Wildman–Crippen LogP) is 3.11. The molecular weight excluding hydrogens is 344 g/mol. The summed E-state index contributed by atoms with van der Waals surface area (Å²) in [7, 11) is 1.70. The number of aromatic nitrogens is 2. The van der Waals surface area contributed by atoms with Crippen molar-refractivity contribution in [3.05, 3.63) is 29.0 Å². The molecule has 0 aliphatic heterocycles. The van der Waals surface area contributed by atoms with Crippen molar-refractivity contribution < 1.29 is 4.79 Å². The molecule has 1 aliphatic carbocycles. The number of carbonyl (C=O) groups is 1. The fourth-order valence-corrected chi connectivity index (χ4v) is 3.44. The molecule has 5 nitrogen and oxygen atoms in total. The van der Waals surface area contributed by atoms with Crippen LogP contribution in [0.1, 0.15) is 25.7 Å². The Bertz CT molecular complexity index is 691. The van der Waals surface area contributed by atoms with Crippen molar-refractivity contribution in [1.82, 2.24) is 15.3 Å². The van der Waals surface area contributed by atoms with Crippen LogP contribution in [0.25, 0.3) is 11.0 Å². The Kier molecular flexibility index (Phi) is 4.57. The van der Waals surface area contributed by atoms with Gasteiger partial charge in [0.2, 0.25) is 5.91 Å². The second-order valence-electron chi connectivity index (χ2n) is 5.64. The number of carbonyl (C=O) groups excluding carboxylic acids is 1. The summed E-state index contributed by atoms with van der Waals surface area (Å²) < 4.78 is 0.908. The van der Waals surface area contributed by atoms with Gasteiger partial charge in [0.05, 0.1) is 17.1 Å². The minimum absolute atomic E-state index is 0.0115. The molecule has 1 aliphatic rings. The Morgan fingerprint density at radius 1 is 1.32 bits per heavy atom. The van der Waals surface area contributed by atoms with Crippen LogP contribution in [0, 0.1) is 5.92 Å². The zero-order valence-electron chi connectivity index (χ0n) is 12.5. The van der Waals surface area contributed by atoms with Crippen molar-refractivity contribution >= 4 is 38.6 Å². The SMILES string of the molecule is CNC(=O)C1CCCCC1Nc1ccnc2cc(Br)cnc12. The van der Waals surface area contributed by atoms with Crippen LogP contribution >= 0.6 is 15.9 Å². The Hall–Kier alpha value is -1.69. The number of hydrogen-bond acceptors (Lipinski definition) is 4. The average Bonchev–Trinajstić information content (AvgIpc) is 2.54. The number of hydrogen-bond donors (Lipinski definition) is 2. The summed E-state index contributed by atoms with van der Waals surface area (Å²) in [6.07, 6.45) is 7.73. The van der Waals surface area contributed by atoms with Gasteiger partial charge in [-0.25, -0.2) is 0 Å². The van der Waals surface area contributed by atoms with Gasteiger partial charge in [-0.15, -0.1) is 0 Å². The number of nitrogens with one attached hydrogen (secondary N) is 2. The predicted molar refractivity (Wildman–Crippen MR) is 90.7 cm³/mol. The molecular formula is C16H19BrN4O. The molecule has 0 radical (unpaired) electrons. The molecule has 2 heterocycles. The number of halogens is 1. The van der Waals surface area contributed by atoms with Crippen LogP contribution in [-0.4, -0.2) is 29.0 Å². The summed E-state index contributed by atoms with van der Waals surface area (Å²) >= 11 is 3.42. The third-order valence-electron chi connectivity index (χ3n) is 4.23. The third kappa shape index (κ3) is 3.06. The third-order valence-corrected chi connectivity index (χ3v) is 4.67. The lowest BCUT2D eigenvalue weighted by Crippen LogP contribution is -2.41. The molecule has 0 bridgehead atoms. The average molecular weight is 363 g/mol. The summed E-state index contributed by atoms with van der Waals surface area (Å²) in [5, 5.41) is 6.31. The van der Waals surface area contributed by atoms with Gasteiger partial charge in [-0.2, -0.15) is 0 Å². The van der Waals surface area contributed by atoms with Crippen LogP contribution in [0.4, 0.5) is 5.69 Å². The normalized spacial score (nSPS) is 21.5. The lowest BCUT2D eigenvalue weighted by molar-refractivity contribution is -0.125. The number of fused-ring (bicyclic) bond motifs is 1. The highest BCUT2D eigenvalue weighted by atomic mass is 79.9.